The zero-order valence-electron chi connectivity index (χ0n) is 4.11. The summed E-state index contributed by atoms with van der Waals surface area (Å²) in [6.45, 7) is 0. The summed E-state index contributed by atoms with van der Waals surface area (Å²) in [5.41, 5.74) is 0. The fourth-order valence-electron chi connectivity index (χ4n) is 0.166. The lowest BCUT2D eigenvalue weighted by Gasteiger charge is -1.64. The summed E-state index contributed by atoms with van der Waals surface area (Å²) >= 11 is 0. The van der Waals surface area contributed by atoms with Crippen molar-refractivity contribution in [3.05, 3.63) is 17.2 Å². The van der Waals surface area contributed by atoms with Crippen molar-refractivity contribution in [2.24, 2.45) is 10.2 Å². The highest BCUT2D eigenvalue weighted by Crippen LogP contribution is 1.66. The largest absolute Gasteiger partial charge is 0.290 e. The molecule has 0 radical (unpaired) electrons. The third-order valence-electron chi connectivity index (χ3n) is 0.394. The van der Waals surface area contributed by atoms with Crippen molar-refractivity contribution in [2.75, 3.05) is 0 Å². The highest BCUT2D eigenvalue weighted by Gasteiger charge is 1.59. The van der Waals surface area contributed by atoms with E-state index in [0.29, 0.717) is 0 Å². The van der Waals surface area contributed by atoms with E-state index in [4.69, 9.17) is 5.41 Å². The first-order valence-corrected chi connectivity index (χ1v) is 1.91. The molecule has 0 aliphatic rings. The van der Waals surface area contributed by atoms with Crippen LogP contribution in [0.15, 0.2) is 22.4 Å². The molecule has 0 aromatic rings. The lowest BCUT2D eigenvalue weighted by atomic mass is 10.7. The van der Waals surface area contributed by atoms with Crippen molar-refractivity contribution in [3.63, 3.8) is 0 Å². The fourth-order valence-corrected chi connectivity index (χ4v) is 0.166. The first kappa shape index (κ1) is 6.68. The van der Waals surface area contributed by atoms with E-state index in [1.807, 2.05) is 0 Å². The summed E-state index contributed by atoms with van der Waals surface area (Å²) in [5.74, 6) is 0. The average molecular weight is 111 g/mol. The van der Waals surface area contributed by atoms with Crippen molar-refractivity contribution in [3.8, 4) is 0 Å². The minimum atomic E-state index is 0.870. The van der Waals surface area contributed by atoms with Crippen molar-refractivity contribution in [2.45, 2.75) is 0 Å². The van der Waals surface area contributed by atoms with Gasteiger partial charge in [0.25, 0.3) is 0 Å². The Bertz CT molecular complexity index is 111. The molecule has 0 aromatic heterocycles. The number of aliphatic imine (C=N–C) groups is 1. The van der Waals surface area contributed by atoms with Crippen LogP contribution in [0.2, 0.25) is 0 Å². The third kappa shape index (κ3) is 4.68. The molecule has 0 unspecified atom stereocenters. The van der Waals surface area contributed by atoms with Gasteiger partial charge in [-0.15, -0.1) is 4.91 Å². The molecule has 0 fully saturated rings. The van der Waals surface area contributed by atoms with Gasteiger partial charge in [-0.25, -0.2) is 4.99 Å². The zero-order valence-corrected chi connectivity index (χ0v) is 4.11. The fraction of sp³-hybridized carbons (Fsp3) is 0. The van der Waals surface area contributed by atoms with Gasteiger partial charge in [0.2, 0.25) is 0 Å². The average Bonchev–Trinajstić information content (AvgIpc) is 1.81. The van der Waals surface area contributed by atoms with E-state index < -0.39 is 0 Å². The van der Waals surface area contributed by atoms with Crippen LogP contribution in [0.4, 0.5) is 0 Å². The normalized spacial score (nSPS) is 10.5. The van der Waals surface area contributed by atoms with Crippen LogP contribution in [0.1, 0.15) is 0 Å². The van der Waals surface area contributed by atoms with Crippen LogP contribution in [-0.2, 0) is 0 Å². The number of nitroso groups, excluding NO2 is 1. The van der Waals surface area contributed by atoms with Crippen molar-refractivity contribution in [1.82, 2.24) is 0 Å². The van der Waals surface area contributed by atoms with Gasteiger partial charge < -0.3 is 0 Å². The number of rotatable bonds is 3. The van der Waals surface area contributed by atoms with E-state index in [1.165, 1.54) is 12.3 Å². The molecule has 0 atom stereocenters. The van der Waals surface area contributed by atoms with Crippen LogP contribution in [0, 0.1) is 10.3 Å². The maximum absolute atomic E-state index is 9.31. The van der Waals surface area contributed by atoms with Gasteiger partial charge in [-0.2, -0.15) is 0 Å². The minimum Gasteiger partial charge on any atom is -0.290 e. The second-order valence-corrected chi connectivity index (χ2v) is 0.874. The number of nitrogens with zero attached hydrogens (tertiary/aromatic N) is 2. The molecular formula is C4H5N3O. The number of hydrogen-bond donors (Lipinski definition) is 1. The van der Waals surface area contributed by atoms with Crippen LogP contribution in [0.3, 0.4) is 0 Å². The van der Waals surface area contributed by atoms with E-state index in [0.717, 1.165) is 12.5 Å². The molecule has 4 heteroatoms. The van der Waals surface area contributed by atoms with Crippen molar-refractivity contribution < 1.29 is 0 Å². The monoisotopic (exact) mass is 111 g/mol. The molecule has 0 saturated carbocycles. The highest BCUT2D eigenvalue weighted by atomic mass is 16.2. The van der Waals surface area contributed by atoms with Gasteiger partial charge in [-0.05, 0) is 11.3 Å². The maximum atomic E-state index is 9.31. The van der Waals surface area contributed by atoms with Crippen molar-refractivity contribution in [1.29, 1.82) is 5.41 Å². The minimum absolute atomic E-state index is 0.870. The Hall–Kier alpha value is -1.32. The summed E-state index contributed by atoms with van der Waals surface area (Å²) in [5, 5.41) is 8.78. The molecule has 0 aliphatic carbocycles. The predicted molar refractivity (Wildman–Crippen MR) is 32.2 cm³/mol. The van der Waals surface area contributed by atoms with Gasteiger partial charge >= 0.3 is 0 Å². The zero-order chi connectivity index (χ0) is 6.24. The van der Waals surface area contributed by atoms with E-state index in [9.17, 15) is 4.91 Å². The second kappa shape index (κ2) is 5.68. The summed E-state index contributed by atoms with van der Waals surface area (Å²) < 4.78 is 0. The van der Waals surface area contributed by atoms with Crippen LogP contribution >= 0.6 is 0 Å². The van der Waals surface area contributed by atoms with Crippen LogP contribution in [0.25, 0.3) is 0 Å². The number of hydrogen-bond acceptors (Lipinski definition) is 3. The SMILES string of the molecule is N=CN=C/C=C\N=O. The summed E-state index contributed by atoms with van der Waals surface area (Å²) in [4.78, 5) is 12.7. The summed E-state index contributed by atoms with van der Waals surface area (Å²) in [6, 6.07) is 0. The molecule has 4 nitrogen and oxygen atoms in total. The molecule has 0 bridgehead atoms. The Balaban J connectivity index is 3.41. The van der Waals surface area contributed by atoms with Gasteiger partial charge in [0.1, 0.15) is 6.34 Å². The Morgan fingerprint density at radius 1 is 1.50 bits per heavy atom. The predicted octanol–water partition coefficient (Wildman–Crippen LogP) is 0.944. The first-order chi connectivity index (χ1) is 3.91. The van der Waals surface area contributed by atoms with E-state index >= 15 is 0 Å². The smallest absolute Gasteiger partial charge is 0.106 e. The highest BCUT2D eigenvalue weighted by molar-refractivity contribution is 5.78. The molecule has 0 amide bonds. The summed E-state index contributed by atoms with van der Waals surface area (Å²) in [6.07, 6.45) is 4.56. The molecule has 1 N–H and O–H groups in total. The van der Waals surface area contributed by atoms with Gasteiger partial charge in [-0.1, -0.05) is 0 Å². The van der Waals surface area contributed by atoms with Gasteiger partial charge in [0, 0.05) is 6.21 Å². The third-order valence-corrected chi connectivity index (χ3v) is 0.394. The Labute approximate surface area is 46.4 Å². The molecule has 0 saturated heterocycles. The molecule has 8 heavy (non-hydrogen) atoms. The van der Waals surface area contributed by atoms with Crippen LogP contribution in [0.5, 0.6) is 0 Å². The van der Waals surface area contributed by atoms with Gasteiger partial charge in [-0.3, -0.25) is 5.41 Å². The van der Waals surface area contributed by atoms with Gasteiger partial charge in [0.05, 0.1) is 6.20 Å². The molecule has 0 rings (SSSR count). The molecular weight excluding hydrogens is 106 g/mol. The first-order valence-electron chi connectivity index (χ1n) is 1.91. The van der Waals surface area contributed by atoms with Crippen molar-refractivity contribution >= 4 is 12.6 Å². The molecule has 42 valence electrons. The Kier molecular flexibility index (Phi) is 4.74. The number of allylic oxidation sites excluding steroid dienone is 1. The lowest BCUT2D eigenvalue weighted by molar-refractivity contribution is 1.52. The van der Waals surface area contributed by atoms with E-state index in [2.05, 4.69) is 10.2 Å². The molecule has 0 heterocycles. The molecule has 0 spiro atoms. The Morgan fingerprint density at radius 2 is 2.25 bits per heavy atom. The van der Waals surface area contributed by atoms with E-state index in [1.54, 1.807) is 0 Å². The summed E-state index contributed by atoms with van der Waals surface area (Å²) in [7, 11) is 0. The topological polar surface area (TPSA) is 65.6 Å². The van der Waals surface area contributed by atoms with Gasteiger partial charge in [0.15, 0.2) is 0 Å². The Morgan fingerprint density at radius 3 is 2.75 bits per heavy atom. The maximum Gasteiger partial charge on any atom is 0.106 e. The number of nitrogens with one attached hydrogen (secondary N) is 1. The molecule has 0 aromatic carbocycles. The van der Waals surface area contributed by atoms with Crippen LogP contribution < -0.4 is 0 Å². The van der Waals surface area contributed by atoms with E-state index in [-0.39, 0.29) is 0 Å². The lowest BCUT2D eigenvalue weighted by Crippen LogP contribution is -1.62. The quantitative estimate of drug-likeness (QED) is 0.329. The molecule has 0 aliphatic heterocycles. The standard InChI is InChI=1S/C4H5N3O/c5-4-6-2-1-3-7-8/h1-5H/b3-1-,5-4?,6-2?. The van der Waals surface area contributed by atoms with Crippen LogP contribution in [-0.4, -0.2) is 12.6 Å². The second-order valence-electron chi connectivity index (χ2n) is 0.874.